The number of benzene rings is 3. The number of aromatic hydroxyl groups is 1. The molecular weight excluding hydrogens is 681 g/mol. The zero-order chi connectivity index (χ0) is 33.9. The van der Waals surface area contributed by atoms with E-state index in [1.54, 1.807) is 24.3 Å². The van der Waals surface area contributed by atoms with Crippen LogP contribution in [0.15, 0.2) is 76.7 Å². The Morgan fingerprint density at radius 3 is 2.42 bits per heavy atom. The zero-order valence-corrected chi connectivity index (χ0v) is 27.7. The molecule has 1 N–H and O–H groups in total. The molecule has 0 spiro atoms. The van der Waals surface area contributed by atoms with Gasteiger partial charge in [0.2, 0.25) is 17.7 Å². The molecule has 3 heterocycles. The third-order valence-electron chi connectivity index (χ3n) is 10.3. The van der Waals surface area contributed by atoms with Gasteiger partial charge in [-0.2, -0.15) is 0 Å². The third kappa shape index (κ3) is 3.96. The fourth-order valence-corrected chi connectivity index (χ4v) is 9.28. The van der Waals surface area contributed by atoms with E-state index in [0.29, 0.717) is 39.4 Å². The first-order valence-electron chi connectivity index (χ1n) is 15.2. The number of phenolic OH excluding ortho intramolecular Hbond substituents is 1. The maximum absolute atomic E-state index is 14.3. The molecule has 4 aromatic rings. The van der Waals surface area contributed by atoms with Crippen molar-refractivity contribution >= 4 is 75.2 Å². The van der Waals surface area contributed by atoms with Crippen LogP contribution in [0.4, 0.5) is 5.69 Å². The van der Waals surface area contributed by atoms with Gasteiger partial charge in [-0.25, -0.2) is 4.98 Å². The topological polar surface area (TPSA) is 130 Å². The molecule has 0 radical (unpaired) electrons. The molecule has 1 aromatic heterocycles. The van der Waals surface area contributed by atoms with Gasteiger partial charge in [0.15, 0.2) is 26.8 Å². The van der Waals surface area contributed by atoms with Gasteiger partial charge in [0, 0.05) is 18.5 Å². The Morgan fingerprint density at radius 1 is 0.979 bits per heavy atom. The Kier molecular flexibility index (Phi) is 6.80. The first-order chi connectivity index (χ1) is 22.9. The molecule has 10 nitrogen and oxygen atoms in total. The molecule has 8 rings (SSSR count). The highest BCUT2D eigenvalue weighted by Gasteiger charge is 2.76. The van der Waals surface area contributed by atoms with E-state index in [4.69, 9.17) is 44.0 Å². The van der Waals surface area contributed by atoms with Gasteiger partial charge in [0.05, 0.1) is 29.7 Å². The minimum Gasteiger partial charge on any atom is -0.503 e. The summed E-state index contributed by atoms with van der Waals surface area (Å²) in [6, 6.07) is 17.1. The second-order valence-electron chi connectivity index (χ2n) is 12.6. The lowest BCUT2D eigenvalue weighted by Crippen LogP contribution is -2.60. The minimum absolute atomic E-state index is 0.0269. The lowest BCUT2D eigenvalue weighted by Gasteiger charge is -2.50. The van der Waals surface area contributed by atoms with Crippen molar-refractivity contribution in [3.05, 3.63) is 82.9 Å². The highest BCUT2D eigenvalue weighted by atomic mass is 35.5. The maximum atomic E-state index is 14.3. The molecule has 1 saturated carbocycles. The summed E-state index contributed by atoms with van der Waals surface area (Å²) < 4.78 is 11.2. The van der Waals surface area contributed by atoms with Crippen molar-refractivity contribution in [2.75, 3.05) is 19.1 Å². The van der Waals surface area contributed by atoms with E-state index in [0.717, 1.165) is 4.90 Å². The molecule has 0 unspecified atom stereocenters. The smallest absolute Gasteiger partial charge is 0.253 e. The highest BCUT2D eigenvalue weighted by Crippen LogP contribution is 2.65. The Bertz CT molecular complexity index is 2100. The molecule has 244 valence electrons. The van der Waals surface area contributed by atoms with Crippen LogP contribution in [-0.2, 0) is 19.2 Å². The molecule has 3 aromatic carbocycles. The lowest BCUT2D eigenvalue weighted by molar-refractivity contribution is -0.138. The number of amides is 4. The van der Waals surface area contributed by atoms with E-state index >= 15 is 0 Å². The molecule has 4 amide bonds. The molecule has 2 aliphatic heterocycles. The number of oxazole rings is 1. The van der Waals surface area contributed by atoms with E-state index in [1.165, 1.54) is 31.2 Å². The third-order valence-corrected chi connectivity index (χ3v) is 12.0. The number of nitrogens with zero attached hydrogens (tertiary/aromatic N) is 3. The molecule has 0 bridgehead atoms. The zero-order valence-electron chi connectivity index (χ0n) is 25.4. The number of halogens is 3. The monoisotopic (exact) mass is 705 g/mol. The van der Waals surface area contributed by atoms with Crippen LogP contribution < -0.4 is 9.64 Å². The average molecular weight is 707 g/mol. The quantitative estimate of drug-likeness (QED) is 0.154. The number of hydrogen-bond acceptors (Lipinski definition) is 8. The normalized spacial score (nSPS) is 29.6. The highest BCUT2D eigenvalue weighted by molar-refractivity contribution is 6.53. The number of allylic oxidation sites excluding steroid dienone is 2. The number of imide groups is 2. The van der Waals surface area contributed by atoms with Gasteiger partial charge in [-0.15, -0.1) is 23.2 Å². The predicted molar refractivity (Wildman–Crippen MR) is 177 cm³/mol. The molecule has 4 aliphatic rings. The van der Waals surface area contributed by atoms with E-state index in [1.807, 2.05) is 30.3 Å². The van der Waals surface area contributed by atoms with E-state index in [2.05, 4.69) is 4.98 Å². The summed E-state index contributed by atoms with van der Waals surface area (Å²) in [5, 5.41) is 10.4. The first-order valence-corrected chi connectivity index (χ1v) is 16.3. The van der Waals surface area contributed by atoms with Gasteiger partial charge in [0.1, 0.15) is 5.52 Å². The summed E-state index contributed by atoms with van der Waals surface area (Å²) in [5.41, 5.74) is 3.35. The standard InChI is InChI=1S/C35H26Cl3N3O7/c1-40-32(45)34(37)15-21-19(27(35(34,38)33(40)46)17-13-22(36)28(42)25(14-17)47-2)11-12-20-26(21)31(44)41(30(20)43)18-9-7-16(8-10-18)29-39-23-5-3-4-6-24(23)48-29/h3-11,13-14,20-21,26-27,42H,12,15H2,1-2H3/t20-,21+,26-,27-,34+,35-/m0/s1. The molecule has 13 heteroatoms. The summed E-state index contributed by atoms with van der Waals surface area (Å²) in [7, 11) is 2.66. The van der Waals surface area contributed by atoms with Crippen molar-refractivity contribution in [1.29, 1.82) is 0 Å². The van der Waals surface area contributed by atoms with Gasteiger partial charge in [-0.05, 0) is 72.9 Å². The fourth-order valence-electron chi connectivity index (χ4n) is 8.04. The average Bonchev–Trinajstić information content (AvgIpc) is 3.67. The SMILES string of the molecule is COc1cc([C@H]2C3=CC[C@@H]4C(=O)N(c5ccc(-c6nc7ccccc7o6)cc5)C(=O)[C@@H]4[C@@H]3C[C@@]3(Cl)C(=O)N(C)C(=O)[C@@]23Cl)cc(Cl)c1O. The fraction of sp³-hybridized carbons (Fsp3) is 0.286. The number of hydrogen-bond donors (Lipinski definition) is 1. The predicted octanol–water partition coefficient (Wildman–Crippen LogP) is 6.06. The van der Waals surface area contributed by atoms with Crippen LogP contribution in [0.3, 0.4) is 0 Å². The van der Waals surface area contributed by atoms with Gasteiger partial charge < -0.3 is 14.3 Å². The van der Waals surface area contributed by atoms with Crippen LogP contribution in [0.5, 0.6) is 11.5 Å². The van der Waals surface area contributed by atoms with Crippen molar-refractivity contribution in [1.82, 2.24) is 9.88 Å². The van der Waals surface area contributed by atoms with Gasteiger partial charge in [-0.3, -0.25) is 29.0 Å². The second-order valence-corrected chi connectivity index (χ2v) is 14.2. The van der Waals surface area contributed by atoms with E-state index in [9.17, 15) is 24.3 Å². The van der Waals surface area contributed by atoms with Crippen LogP contribution in [0.25, 0.3) is 22.6 Å². The van der Waals surface area contributed by atoms with Crippen LogP contribution in [0.1, 0.15) is 24.3 Å². The number of likely N-dealkylation sites (tertiary alicyclic amines) is 1. The summed E-state index contributed by atoms with van der Waals surface area (Å²) in [4.78, 5) is 58.5. The number of ether oxygens (including phenoxy) is 1. The number of anilines is 1. The first kappa shape index (κ1) is 30.9. The number of carbonyl (C=O) groups is 4. The van der Waals surface area contributed by atoms with Crippen molar-refractivity contribution in [2.24, 2.45) is 17.8 Å². The van der Waals surface area contributed by atoms with Crippen molar-refractivity contribution in [3.63, 3.8) is 0 Å². The molecule has 2 saturated heterocycles. The molecule has 3 fully saturated rings. The number of para-hydroxylation sites is 2. The van der Waals surface area contributed by atoms with Crippen molar-refractivity contribution in [2.45, 2.75) is 28.5 Å². The second kappa shape index (κ2) is 10.6. The number of fused-ring (bicyclic) bond motifs is 5. The molecular formula is C35H26Cl3N3O7. The largest absolute Gasteiger partial charge is 0.503 e. The number of rotatable bonds is 4. The summed E-state index contributed by atoms with van der Waals surface area (Å²) in [5.74, 6) is -5.47. The Labute approximate surface area is 288 Å². The Balaban J connectivity index is 1.19. The molecule has 48 heavy (non-hydrogen) atoms. The van der Waals surface area contributed by atoms with E-state index < -0.39 is 51.1 Å². The molecule has 2 aliphatic carbocycles. The number of methoxy groups -OCH3 is 1. The van der Waals surface area contributed by atoms with Crippen molar-refractivity contribution < 1.29 is 33.4 Å². The lowest BCUT2D eigenvalue weighted by atomic mass is 9.56. The van der Waals surface area contributed by atoms with E-state index in [-0.39, 0.29) is 35.3 Å². The van der Waals surface area contributed by atoms with Crippen molar-refractivity contribution in [3.8, 4) is 23.0 Å². The van der Waals surface area contributed by atoms with Gasteiger partial charge in [-0.1, -0.05) is 35.4 Å². The van der Waals surface area contributed by atoms with Gasteiger partial charge in [0.25, 0.3) is 11.8 Å². The summed E-state index contributed by atoms with van der Waals surface area (Å²) in [6.45, 7) is 0. The number of alkyl halides is 2. The molecule has 6 atom stereocenters. The van der Waals surface area contributed by atoms with Crippen LogP contribution >= 0.6 is 34.8 Å². The number of aromatic nitrogens is 1. The Morgan fingerprint density at radius 2 is 1.71 bits per heavy atom. The van der Waals surface area contributed by atoms with Crippen LogP contribution in [-0.4, -0.2) is 62.5 Å². The number of carbonyl (C=O) groups excluding carboxylic acids is 4. The van der Waals surface area contributed by atoms with Gasteiger partial charge >= 0.3 is 0 Å². The summed E-state index contributed by atoms with van der Waals surface area (Å²) in [6.07, 6.45) is 1.87. The number of phenols is 1. The summed E-state index contributed by atoms with van der Waals surface area (Å²) >= 11 is 20.9. The Hall–Kier alpha value is -4.38. The van der Waals surface area contributed by atoms with Crippen LogP contribution in [0.2, 0.25) is 5.02 Å². The maximum Gasteiger partial charge on any atom is 0.253 e. The minimum atomic E-state index is -1.99. The van der Waals surface area contributed by atoms with Crippen LogP contribution in [0, 0.1) is 17.8 Å².